The lowest BCUT2D eigenvalue weighted by Crippen LogP contribution is -2.47. The number of nitrogens with zero attached hydrogens (tertiary/aromatic N) is 3. The van der Waals surface area contributed by atoms with Crippen LogP contribution in [-0.2, 0) is 11.3 Å². The number of methoxy groups -OCH3 is 1. The standard InChI is InChI=1S/C29H41ClN6O3/c1-7-34-10-12-35(13-11-34)17-20-8-9-24(23(30)14-20)36(28(32)29(38)33-19(4)5)27(31)22-15-21(18(2)3)26(39-6)16-25(22)37/h8-9,14-16,18-19,31-32,37H,7,10-13,17H2,1-6H3,(H,33,38). The highest BCUT2D eigenvalue weighted by molar-refractivity contribution is 6.49. The first-order valence-corrected chi connectivity index (χ1v) is 13.8. The molecule has 2 aromatic carbocycles. The van der Waals surface area contributed by atoms with E-state index in [1.165, 1.54) is 18.1 Å². The highest BCUT2D eigenvalue weighted by Gasteiger charge is 2.29. The Hall–Kier alpha value is -3.14. The molecule has 0 atom stereocenters. The third-order valence-corrected chi connectivity index (χ3v) is 7.18. The van der Waals surface area contributed by atoms with Crippen molar-refractivity contribution in [1.29, 1.82) is 10.8 Å². The van der Waals surface area contributed by atoms with E-state index in [0.29, 0.717) is 16.5 Å². The maximum atomic E-state index is 12.9. The first-order chi connectivity index (χ1) is 18.5. The fraction of sp³-hybridized carbons (Fsp3) is 0.483. The lowest BCUT2D eigenvalue weighted by Gasteiger charge is -2.34. The van der Waals surface area contributed by atoms with Crippen molar-refractivity contribution in [3.8, 4) is 11.5 Å². The molecular formula is C29H41ClN6O3. The summed E-state index contributed by atoms with van der Waals surface area (Å²) < 4.78 is 5.43. The van der Waals surface area contributed by atoms with Crippen LogP contribution in [0, 0.1) is 10.8 Å². The summed E-state index contributed by atoms with van der Waals surface area (Å²) in [6.45, 7) is 15.5. The van der Waals surface area contributed by atoms with E-state index in [0.717, 1.165) is 50.4 Å². The SMILES string of the molecule is CCN1CCN(Cc2ccc(N(C(=N)C(=O)NC(C)C)C(=N)c3cc(C(C)C)c(OC)cc3O)c(Cl)c2)CC1. The number of nitrogens with one attached hydrogen (secondary N) is 3. The Labute approximate surface area is 236 Å². The molecule has 0 bridgehead atoms. The smallest absolute Gasteiger partial charge is 0.287 e. The number of amides is 1. The number of hydrogen-bond donors (Lipinski definition) is 4. The van der Waals surface area contributed by atoms with Gasteiger partial charge < -0.3 is 20.1 Å². The molecule has 39 heavy (non-hydrogen) atoms. The van der Waals surface area contributed by atoms with Gasteiger partial charge in [0.1, 0.15) is 17.3 Å². The van der Waals surface area contributed by atoms with Crippen molar-refractivity contribution in [2.24, 2.45) is 0 Å². The number of hydrogen-bond acceptors (Lipinski definition) is 7. The van der Waals surface area contributed by atoms with E-state index in [-0.39, 0.29) is 29.1 Å². The average Bonchev–Trinajstić information content (AvgIpc) is 2.89. The summed E-state index contributed by atoms with van der Waals surface area (Å²) in [6.07, 6.45) is 0. The molecule has 1 amide bonds. The van der Waals surface area contributed by atoms with Crippen LogP contribution >= 0.6 is 11.6 Å². The summed E-state index contributed by atoms with van der Waals surface area (Å²) in [5.74, 6) is -1.01. The van der Waals surface area contributed by atoms with Crippen molar-refractivity contribution in [2.75, 3.05) is 44.7 Å². The van der Waals surface area contributed by atoms with Gasteiger partial charge in [0.25, 0.3) is 5.91 Å². The molecule has 1 heterocycles. The Morgan fingerprint density at radius 1 is 1.10 bits per heavy atom. The van der Waals surface area contributed by atoms with Crippen LogP contribution in [0.5, 0.6) is 11.5 Å². The van der Waals surface area contributed by atoms with Crippen molar-refractivity contribution >= 4 is 34.9 Å². The number of anilines is 1. The number of piperazine rings is 1. The van der Waals surface area contributed by atoms with Crippen molar-refractivity contribution in [3.63, 3.8) is 0 Å². The Bertz CT molecular complexity index is 1210. The Kier molecular flexibility index (Phi) is 10.4. The lowest BCUT2D eigenvalue weighted by atomic mass is 9.97. The van der Waals surface area contributed by atoms with Crippen LogP contribution in [-0.4, -0.2) is 78.4 Å². The number of ether oxygens (including phenoxy) is 1. The van der Waals surface area contributed by atoms with Crippen LogP contribution in [0.4, 0.5) is 5.69 Å². The first kappa shape index (κ1) is 30.4. The van der Waals surface area contributed by atoms with Crippen molar-refractivity contribution in [2.45, 2.75) is 53.1 Å². The maximum absolute atomic E-state index is 12.9. The van der Waals surface area contributed by atoms with Crippen molar-refractivity contribution in [1.82, 2.24) is 15.1 Å². The molecule has 4 N–H and O–H groups in total. The lowest BCUT2D eigenvalue weighted by molar-refractivity contribution is -0.115. The van der Waals surface area contributed by atoms with Crippen LogP contribution in [0.25, 0.3) is 0 Å². The number of rotatable bonds is 8. The maximum Gasteiger partial charge on any atom is 0.287 e. The van der Waals surface area contributed by atoms with Gasteiger partial charge in [0.2, 0.25) is 0 Å². The van der Waals surface area contributed by atoms with E-state index in [1.807, 2.05) is 26.0 Å². The summed E-state index contributed by atoms with van der Waals surface area (Å²) in [7, 11) is 1.52. The number of phenolic OH excluding ortho intramolecular Hbond substituents is 1. The average molecular weight is 557 g/mol. The molecular weight excluding hydrogens is 516 g/mol. The summed E-state index contributed by atoms with van der Waals surface area (Å²) in [4.78, 5) is 18.9. The molecule has 2 aromatic rings. The minimum atomic E-state index is -0.652. The van der Waals surface area contributed by atoms with Crippen molar-refractivity contribution < 1.29 is 14.6 Å². The zero-order valence-corrected chi connectivity index (χ0v) is 24.5. The Morgan fingerprint density at radius 3 is 2.28 bits per heavy atom. The van der Waals surface area contributed by atoms with Gasteiger partial charge in [-0.15, -0.1) is 0 Å². The molecule has 212 valence electrons. The first-order valence-electron chi connectivity index (χ1n) is 13.4. The number of benzene rings is 2. The number of carbonyl (C=O) groups excluding carboxylic acids is 1. The zero-order chi connectivity index (χ0) is 28.9. The van der Waals surface area contributed by atoms with Crippen LogP contribution < -0.4 is 15.0 Å². The summed E-state index contributed by atoms with van der Waals surface area (Å²) in [5.41, 5.74) is 2.27. The molecule has 1 saturated heterocycles. The normalized spacial score (nSPS) is 14.5. The zero-order valence-electron chi connectivity index (χ0n) is 23.8. The second-order valence-electron chi connectivity index (χ2n) is 10.4. The Balaban J connectivity index is 1.99. The predicted molar refractivity (Wildman–Crippen MR) is 158 cm³/mol. The fourth-order valence-electron chi connectivity index (χ4n) is 4.66. The quantitative estimate of drug-likeness (QED) is 0.278. The van der Waals surface area contributed by atoms with E-state index in [4.69, 9.17) is 27.2 Å². The van der Waals surface area contributed by atoms with Gasteiger partial charge in [-0.3, -0.25) is 25.4 Å². The number of likely N-dealkylation sites (N-methyl/N-ethyl adjacent to an activating group) is 1. The second-order valence-corrected chi connectivity index (χ2v) is 10.8. The monoisotopic (exact) mass is 556 g/mol. The molecule has 0 aliphatic carbocycles. The molecule has 0 spiro atoms. The van der Waals surface area contributed by atoms with Gasteiger partial charge in [-0.2, -0.15) is 0 Å². The summed E-state index contributed by atoms with van der Waals surface area (Å²) >= 11 is 6.77. The minimum Gasteiger partial charge on any atom is -0.507 e. The number of carbonyl (C=O) groups is 1. The molecule has 9 nitrogen and oxygen atoms in total. The van der Waals surface area contributed by atoms with Crippen LogP contribution in [0.15, 0.2) is 30.3 Å². The minimum absolute atomic E-state index is 0.0475. The topological polar surface area (TPSA) is 116 Å². The number of amidine groups is 2. The molecule has 10 heteroatoms. The third kappa shape index (κ3) is 7.29. The van der Waals surface area contributed by atoms with Gasteiger partial charge in [-0.25, -0.2) is 0 Å². The van der Waals surface area contributed by atoms with Crippen LogP contribution in [0.1, 0.15) is 57.2 Å². The largest absolute Gasteiger partial charge is 0.507 e. The summed E-state index contributed by atoms with van der Waals surface area (Å²) in [6, 6.07) is 8.38. The highest BCUT2D eigenvalue weighted by Crippen LogP contribution is 2.36. The van der Waals surface area contributed by atoms with Crippen molar-refractivity contribution in [3.05, 3.63) is 52.0 Å². The van der Waals surface area contributed by atoms with E-state index in [1.54, 1.807) is 26.0 Å². The van der Waals surface area contributed by atoms with E-state index in [9.17, 15) is 9.90 Å². The molecule has 1 aliphatic heterocycles. The second kappa shape index (κ2) is 13.3. The number of phenols is 1. The van der Waals surface area contributed by atoms with Gasteiger partial charge in [0.15, 0.2) is 5.84 Å². The van der Waals surface area contributed by atoms with Gasteiger partial charge in [0, 0.05) is 44.8 Å². The molecule has 3 rings (SSSR count). The highest BCUT2D eigenvalue weighted by atomic mass is 35.5. The van der Waals surface area contributed by atoms with Crippen LogP contribution in [0.2, 0.25) is 5.02 Å². The van der Waals surface area contributed by atoms with E-state index in [2.05, 4.69) is 22.0 Å². The molecule has 0 aromatic heterocycles. The van der Waals surface area contributed by atoms with E-state index >= 15 is 0 Å². The molecule has 1 fully saturated rings. The van der Waals surface area contributed by atoms with Gasteiger partial charge in [-0.05, 0) is 55.6 Å². The van der Waals surface area contributed by atoms with Gasteiger partial charge in [-0.1, -0.05) is 38.4 Å². The molecule has 0 unspecified atom stereocenters. The summed E-state index contributed by atoms with van der Waals surface area (Å²) in [5, 5.41) is 31.7. The van der Waals surface area contributed by atoms with Crippen LogP contribution in [0.3, 0.4) is 0 Å². The van der Waals surface area contributed by atoms with Gasteiger partial charge >= 0.3 is 0 Å². The molecule has 1 aliphatic rings. The Morgan fingerprint density at radius 2 is 1.74 bits per heavy atom. The fourth-order valence-corrected chi connectivity index (χ4v) is 4.95. The molecule has 0 saturated carbocycles. The number of halogens is 1. The molecule has 0 radical (unpaired) electrons. The third-order valence-electron chi connectivity index (χ3n) is 6.88. The van der Waals surface area contributed by atoms with E-state index < -0.39 is 11.7 Å². The van der Waals surface area contributed by atoms with Gasteiger partial charge in [0.05, 0.1) is 23.4 Å². The number of aromatic hydroxyl groups is 1. The predicted octanol–water partition coefficient (Wildman–Crippen LogP) is 4.65.